The second-order valence-corrected chi connectivity index (χ2v) is 3.72. The fourth-order valence-electron chi connectivity index (χ4n) is 1.71. The molecule has 1 heterocycles. The Morgan fingerprint density at radius 3 is 2.68 bits per heavy atom. The number of rotatable bonds is 3. The van der Waals surface area contributed by atoms with Gasteiger partial charge in [0.2, 0.25) is 5.39 Å². The summed E-state index contributed by atoms with van der Waals surface area (Å²) >= 11 is 0. The predicted octanol–water partition coefficient (Wildman–Crippen LogP) is 2.21. The van der Waals surface area contributed by atoms with E-state index in [4.69, 9.17) is 10.1 Å². The van der Waals surface area contributed by atoms with Gasteiger partial charge in [-0.15, -0.1) is 0 Å². The van der Waals surface area contributed by atoms with E-state index in [2.05, 4.69) is 4.98 Å². The van der Waals surface area contributed by atoms with Crippen LogP contribution in [0.25, 0.3) is 10.7 Å². The van der Waals surface area contributed by atoms with Crippen molar-refractivity contribution in [3.05, 3.63) is 47.1 Å². The third-order valence-electron chi connectivity index (χ3n) is 2.56. The number of carbonyl (C=O) groups is 1. The lowest BCUT2D eigenvalue weighted by Gasteiger charge is -2.08. The monoisotopic (exact) mass is 257 g/mol. The molecule has 1 aromatic heterocycles. The topological polar surface area (TPSA) is 82.4 Å². The number of carbonyl (C=O) groups excluding carboxylic acids is 1. The number of nitrogens with zero attached hydrogens (tertiary/aromatic N) is 3. The predicted molar refractivity (Wildman–Crippen MR) is 65.9 cm³/mol. The summed E-state index contributed by atoms with van der Waals surface area (Å²) in [6.45, 7) is 1.83. The van der Waals surface area contributed by atoms with E-state index in [0.717, 1.165) is 0 Å². The van der Waals surface area contributed by atoms with Crippen molar-refractivity contribution in [1.29, 1.82) is 5.39 Å². The van der Waals surface area contributed by atoms with Crippen molar-refractivity contribution in [1.82, 2.24) is 4.57 Å². The molecule has 0 radical (unpaired) electrons. The lowest BCUT2D eigenvalue weighted by atomic mass is 10.3. The average Bonchev–Trinajstić information content (AvgIpc) is 2.77. The summed E-state index contributed by atoms with van der Waals surface area (Å²) in [5.41, 5.74) is 0.202. The molecule has 0 fully saturated rings. The summed E-state index contributed by atoms with van der Waals surface area (Å²) in [5, 5.41) is 20.9. The Morgan fingerprint density at radius 1 is 1.42 bits per heavy atom. The van der Waals surface area contributed by atoms with Crippen LogP contribution in [-0.2, 0) is 4.74 Å². The van der Waals surface area contributed by atoms with Gasteiger partial charge in [0.05, 0.1) is 12.5 Å². The standard InChI is InChI=1S/C13H11N3O3/c1-2-19-13(18)10-8-16(12(17)11(10)15-14)9-6-4-3-5-7-9/h3-8H,2H2,1H3. The Balaban J connectivity index is 2.55. The first kappa shape index (κ1) is 12.6. The molecule has 96 valence electrons. The van der Waals surface area contributed by atoms with Crippen molar-refractivity contribution < 1.29 is 14.6 Å². The van der Waals surface area contributed by atoms with Crippen molar-refractivity contribution in [3.8, 4) is 11.6 Å². The fraction of sp³-hybridized carbons (Fsp3) is 0.154. The zero-order valence-corrected chi connectivity index (χ0v) is 10.2. The molecule has 2 aromatic rings. The first-order valence-corrected chi connectivity index (χ1v) is 5.69. The SMILES string of the molecule is CCOC(=O)c1cn(-c2ccccc2)c([O-])c1[N+]#N. The summed E-state index contributed by atoms with van der Waals surface area (Å²) in [5.74, 6) is -1.26. The highest BCUT2D eigenvalue weighted by atomic mass is 16.5. The van der Waals surface area contributed by atoms with Crippen LogP contribution >= 0.6 is 0 Å². The summed E-state index contributed by atoms with van der Waals surface area (Å²) in [6, 6.07) is 8.74. The summed E-state index contributed by atoms with van der Waals surface area (Å²) in [6.07, 6.45) is 1.31. The van der Waals surface area contributed by atoms with E-state index in [1.807, 2.05) is 0 Å². The van der Waals surface area contributed by atoms with Crippen molar-refractivity contribution >= 4 is 11.7 Å². The van der Waals surface area contributed by atoms with Crippen LogP contribution in [0, 0.1) is 5.39 Å². The van der Waals surface area contributed by atoms with Crippen LogP contribution < -0.4 is 5.11 Å². The summed E-state index contributed by atoms with van der Waals surface area (Å²) in [4.78, 5) is 14.6. The molecule has 0 saturated heterocycles. The number of hydrogen-bond acceptors (Lipinski definition) is 4. The van der Waals surface area contributed by atoms with Gasteiger partial charge >= 0.3 is 11.7 Å². The smallest absolute Gasteiger partial charge is 0.410 e. The number of esters is 1. The van der Waals surface area contributed by atoms with Gasteiger partial charge in [0.25, 0.3) is 0 Å². The minimum Gasteiger partial charge on any atom is -0.854 e. The maximum Gasteiger partial charge on any atom is 0.410 e. The molecule has 0 aliphatic heterocycles. The van der Waals surface area contributed by atoms with E-state index < -0.39 is 11.8 Å². The largest absolute Gasteiger partial charge is 0.854 e. The average molecular weight is 257 g/mol. The van der Waals surface area contributed by atoms with Gasteiger partial charge in [0.15, 0.2) is 10.5 Å². The Morgan fingerprint density at radius 2 is 2.11 bits per heavy atom. The Kier molecular flexibility index (Phi) is 3.48. The number of hydrogen-bond donors (Lipinski definition) is 0. The molecule has 0 saturated carbocycles. The molecule has 1 aromatic carbocycles. The molecule has 2 rings (SSSR count). The third-order valence-corrected chi connectivity index (χ3v) is 2.56. The van der Waals surface area contributed by atoms with Gasteiger partial charge in [-0.05, 0) is 19.1 Å². The van der Waals surface area contributed by atoms with Crippen molar-refractivity contribution in [2.45, 2.75) is 6.92 Å². The molecule has 0 aliphatic carbocycles. The Bertz CT molecular complexity index is 641. The normalized spacial score (nSPS) is 9.89. The minimum atomic E-state index is -0.693. The highest BCUT2D eigenvalue weighted by molar-refractivity contribution is 5.97. The third kappa shape index (κ3) is 2.26. The van der Waals surface area contributed by atoms with Gasteiger partial charge in [-0.1, -0.05) is 18.2 Å². The molecule has 6 heteroatoms. The maximum absolute atomic E-state index is 12.0. The molecule has 0 bridgehead atoms. The minimum absolute atomic E-state index is 0.0572. The van der Waals surface area contributed by atoms with Gasteiger partial charge < -0.3 is 14.4 Å². The van der Waals surface area contributed by atoms with E-state index in [0.29, 0.717) is 5.69 Å². The van der Waals surface area contributed by atoms with Crippen LogP contribution in [0.2, 0.25) is 0 Å². The van der Waals surface area contributed by atoms with Crippen molar-refractivity contribution in [2.24, 2.45) is 0 Å². The summed E-state index contributed by atoms with van der Waals surface area (Å²) < 4.78 is 6.05. The second-order valence-electron chi connectivity index (χ2n) is 3.72. The molecule has 0 amide bonds. The Hall–Kier alpha value is -2.81. The van der Waals surface area contributed by atoms with E-state index >= 15 is 0 Å². The van der Waals surface area contributed by atoms with Crippen LogP contribution in [0.1, 0.15) is 17.3 Å². The van der Waals surface area contributed by atoms with Gasteiger partial charge in [-0.25, -0.2) is 4.79 Å². The quantitative estimate of drug-likeness (QED) is 0.623. The number of benzene rings is 1. The molecule has 0 spiro atoms. The van der Waals surface area contributed by atoms with Gasteiger partial charge in [0.1, 0.15) is 0 Å². The molecule has 0 N–H and O–H groups in total. The lowest BCUT2D eigenvalue weighted by Crippen LogP contribution is -2.03. The number of aromatic nitrogens is 1. The highest BCUT2D eigenvalue weighted by Crippen LogP contribution is 2.33. The van der Waals surface area contributed by atoms with E-state index in [-0.39, 0.29) is 17.9 Å². The first-order chi connectivity index (χ1) is 9.19. The van der Waals surface area contributed by atoms with Gasteiger partial charge in [-0.2, -0.15) is 0 Å². The summed E-state index contributed by atoms with van der Waals surface area (Å²) in [7, 11) is 0. The van der Waals surface area contributed by atoms with E-state index in [9.17, 15) is 9.90 Å². The Labute approximate surface area is 109 Å². The van der Waals surface area contributed by atoms with Crippen LogP contribution in [0.3, 0.4) is 0 Å². The zero-order chi connectivity index (χ0) is 13.8. The van der Waals surface area contributed by atoms with Crippen LogP contribution in [0.5, 0.6) is 5.88 Å². The maximum atomic E-state index is 12.0. The molecule has 19 heavy (non-hydrogen) atoms. The molecule has 0 aliphatic rings. The van der Waals surface area contributed by atoms with Crippen LogP contribution in [0.4, 0.5) is 5.69 Å². The van der Waals surface area contributed by atoms with E-state index in [1.54, 1.807) is 37.3 Å². The van der Waals surface area contributed by atoms with Gasteiger partial charge in [-0.3, -0.25) is 0 Å². The van der Waals surface area contributed by atoms with Crippen LogP contribution in [-0.4, -0.2) is 17.1 Å². The second kappa shape index (κ2) is 5.23. The van der Waals surface area contributed by atoms with E-state index in [1.165, 1.54) is 10.8 Å². The molecule has 6 nitrogen and oxygen atoms in total. The lowest BCUT2D eigenvalue weighted by molar-refractivity contribution is -0.275. The first-order valence-electron chi connectivity index (χ1n) is 5.69. The molecule has 0 unspecified atom stereocenters. The van der Waals surface area contributed by atoms with Gasteiger partial charge in [0, 0.05) is 11.9 Å². The number of para-hydroxylation sites is 1. The highest BCUT2D eigenvalue weighted by Gasteiger charge is 2.27. The van der Waals surface area contributed by atoms with Crippen molar-refractivity contribution in [3.63, 3.8) is 0 Å². The number of ether oxygens (including phenoxy) is 1. The molecule has 0 atom stereocenters. The fourth-order valence-corrected chi connectivity index (χ4v) is 1.71. The molecular formula is C13H11N3O3. The molecular weight excluding hydrogens is 246 g/mol. The van der Waals surface area contributed by atoms with Crippen LogP contribution in [0.15, 0.2) is 36.5 Å². The zero-order valence-electron chi connectivity index (χ0n) is 10.2. The number of diazo groups is 1. The van der Waals surface area contributed by atoms with Crippen molar-refractivity contribution in [2.75, 3.05) is 6.61 Å².